The van der Waals surface area contributed by atoms with Crippen LogP contribution in [0.25, 0.3) is 0 Å². The molecule has 3 nitrogen and oxygen atoms in total. The maximum Gasteiger partial charge on any atom is 0.223 e. The van der Waals surface area contributed by atoms with E-state index < -0.39 is 0 Å². The minimum Gasteiger partial charge on any atom is -0.338 e. The van der Waals surface area contributed by atoms with Gasteiger partial charge < -0.3 is 10.2 Å². The lowest BCUT2D eigenvalue weighted by Gasteiger charge is -2.24. The molecule has 0 aromatic rings. The van der Waals surface area contributed by atoms with Gasteiger partial charge in [0.15, 0.2) is 0 Å². The van der Waals surface area contributed by atoms with Gasteiger partial charge in [-0.1, -0.05) is 13.8 Å². The van der Waals surface area contributed by atoms with E-state index in [9.17, 15) is 4.79 Å². The van der Waals surface area contributed by atoms with Crippen LogP contribution in [0, 0.1) is 11.8 Å². The molecule has 1 heterocycles. The van der Waals surface area contributed by atoms with E-state index in [1.807, 2.05) is 11.9 Å². The molecule has 1 N–H and O–H groups in total. The second kappa shape index (κ2) is 5.50. The molecule has 1 aliphatic heterocycles. The summed E-state index contributed by atoms with van der Waals surface area (Å²) < 4.78 is 0. The van der Waals surface area contributed by atoms with Crippen LogP contribution in [-0.4, -0.2) is 37.0 Å². The van der Waals surface area contributed by atoms with Crippen LogP contribution >= 0.6 is 0 Å². The number of amides is 1. The largest absolute Gasteiger partial charge is 0.338 e. The third-order valence-corrected chi connectivity index (χ3v) is 3.07. The Labute approximate surface area is 93.2 Å². The summed E-state index contributed by atoms with van der Waals surface area (Å²) in [6.45, 7) is 8.42. The van der Waals surface area contributed by atoms with Gasteiger partial charge in [-0.3, -0.25) is 4.79 Å². The molecule has 88 valence electrons. The van der Waals surface area contributed by atoms with Crippen LogP contribution in [0.3, 0.4) is 0 Å². The number of carbonyl (C=O) groups is 1. The van der Waals surface area contributed by atoms with Crippen molar-refractivity contribution >= 4 is 5.91 Å². The minimum absolute atomic E-state index is 0.333. The number of hydrogen-bond acceptors (Lipinski definition) is 2. The Bertz CT molecular complexity index is 216. The summed E-state index contributed by atoms with van der Waals surface area (Å²) in [6, 6.07) is 0.333. The Balaban J connectivity index is 2.45. The topological polar surface area (TPSA) is 32.3 Å². The van der Waals surface area contributed by atoms with Crippen LogP contribution in [0.4, 0.5) is 0 Å². The monoisotopic (exact) mass is 212 g/mol. The highest BCUT2D eigenvalue weighted by atomic mass is 16.2. The Morgan fingerprint density at radius 2 is 2.13 bits per heavy atom. The van der Waals surface area contributed by atoms with Gasteiger partial charge in [-0.15, -0.1) is 0 Å². The van der Waals surface area contributed by atoms with Gasteiger partial charge in [0.2, 0.25) is 5.91 Å². The summed E-state index contributed by atoms with van der Waals surface area (Å²) >= 11 is 0. The Morgan fingerprint density at radius 1 is 1.47 bits per heavy atom. The van der Waals surface area contributed by atoms with Gasteiger partial charge in [0.05, 0.1) is 0 Å². The zero-order chi connectivity index (χ0) is 11.4. The second-order valence-corrected chi connectivity index (χ2v) is 5.15. The van der Waals surface area contributed by atoms with Gasteiger partial charge in [-0.25, -0.2) is 0 Å². The Morgan fingerprint density at radius 3 is 2.67 bits per heavy atom. The van der Waals surface area contributed by atoms with E-state index in [0.717, 1.165) is 19.5 Å². The molecule has 0 bridgehead atoms. The fourth-order valence-electron chi connectivity index (χ4n) is 2.46. The van der Waals surface area contributed by atoms with Crippen LogP contribution in [0.15, 0.2) is 0 Å². The average Bonchev–Trinajstić information content (AvgIpc) is 2.46. The molecule has 1 fully saturated rings. The van der Waals surface area contributed by atoms with Gasteiger partial charge in [-0.2, -0.15) is 0 Å². The van der Waals surface area contributed by atoms with E-state index in [-0.39, 0.29) is 0 Å². The van der Waals surface area contributed by atoms with Crippen molar-refractivity contribution in [3.8, 4) is 0 Å². The number of nitrogens with one attached hydrogen (secondary N) is 1. The maximum atomic E-state index is 11.8. The van der Waals surface area contributed by atoms with Gasteiger partial charge in [0.25, 0.3) is 0 Å². The van der Waals surface area contributed by atoms with Gasteiger partial charge >= 0.3 is 0 Å². The molecule has 0 saturated carbocycles. The number of hydrogen-bond donors (Lipinski definition) is 1. The molecule has 1 saturated heterocycles. The van der Waals surface area contributed by atoms with E-state index in [4.69, 9.17) is 0 Å². The first kappa shape index (κ1) is 12.5. The molecule has 0 aromatic carbocycles. The van der Waals surface area contributed by atoms with Crippen molar-refractivity contribution in [2.24, 2.45) is 11.8 Å². The molecule has 0 radical (unpaired) electrons. The standard InChI is InChI=1S/C12H24N2O/c1-9(2)5-11-6-12(15)14(8-11)10(3)7-13-4/h9-11,13H,5-8H2,1-4H3. The lowest BCUT2D eigenvalue weighted by molar-refractivity contribution is -0.129. The Kier molecular flexibility index (Phi) is 4.58. The fraction of sp³-hybridized carbons (Fsp3) is 0.917. The molecule has 2 unspecified atom stereocenters. The lowest BCUT2D eigenvalue weighted by atomic mass is 9.96. The first-order valence-corrected chi connectivity index (χ1v) is 5.98. The van der Waals surface area contributed by atoms with Crippen LogP contribution < -0.4 is 5.32 Å². The number of nitrogens with zero attached hydrogens (tertiary/aromatic N) is 1. The van der Waals surface area contributed by atoms with Crippen molar-refractivity contribution in [1.29, 1.82) is 0 Å². The summed E-state index contributed by atoms with van der Waals surface area (Å²) in [5, 5.41) is 3.13. The predicted molar refractivity (Wildman–Crippen MR) is 62.7 cm³/mol. The molecule has 1 amide bonds. The molecule has 0 aromatic heterocycles. The van der Waals surface area contributed by atoms with E-state index in [2.05, 4.69) is 26.1 Å². The SMILES string of the molecule is CNCC(C)N1CC(CC(C)C)CC1=O. The molecule has 2 atom stereocenters. The molecule has 0 spiro atoms. The minimum atomic E-state index is 0.333. The summed E-state index contributed by atoms with van der Waals surface area (Å²) in [5.41, 5.74) is 0. The highest BCUT2D eigenvalue weighted by Gasteiger charge is 2.32. The van der Waals surface area contributed by atoms with Crippen LogP contribution in [0.2, 0.25) is 0 Å². The summed E-state index contributed by atoms with van der Waals surface area (Å²) in [7, 11) is 1.93. The van der Waals surface area contributed by atoms with Crippen LogP contribution in [0.1, 0.15) is 33.6 Å². The third-order valence-electron chi connectivity index (χ3n) is 3.07. The molecular weight excluding hydrogens is 188 g/mol. The highest BCUT2D eigenvalue weighted by molar-refractivity contribution is 5.78. The van der Waals surface area contributed by atoms with Crippen molar-refractivity contribution in [3.63, 3.8) is 0 Å². The molecule has 3 heteroatoms. The van der Waals surface area contributed by atoms with Crippen molar-refractivity contribution in [3.05, 3.63) is 0 Å². The first-order chi connectivity index (χ1) is 7.04. The first-order valence-electron chi connectivity index (χ1n) is 5.98. The van der Waals surface area contributed by atoms with E-state index in [1.165, 1.54) is 6.42 Å². The second-order valence-electron chi connectivity index (χ2n) is 5.15. The van der Waals surface area contributed by atoms with E-state index in [1.54, 1.807) is 0 Å². The fourth-order valence-corrected chi connectivity index (χ4v) is 2.46. The molecular formula is C12H24N2O. The van der Waals surface area contributed by atoms with Crippen molar-refractivity contribution in [2.75, 3.05) is 20.1 Å². The van der Waals surface area contributed by atoms with E-state index in [0.29, 0.717) is 23.8 Å². The maximum absolute atomic E-state index is 11.8. The summed E-state index contributed by atoms with van der Waals surface area (Å²) in [5.74, 6) is 1.61. The summed E-state index contributed by atoms with van der Waals surface area (Å²) in [6.07, 6.45) is 1.93. The van der Waals surface area contributed by atoms with E-state index >= 15 is 0 Å². The van der Waals surface area contributed by atoms with Crippen molar-refractivity contribution in [1.82, 2.24) is 10.2 Å². The number of likely N-dealkylation sites (tertiary alicyclic amines) is 1. The number of carbonyl (C=O) groups excluding carboxylic acids is 1. The predicted octanol–water partition coefficient (Wildman–Crippen LogP) is 1.49. The molecule has 1 aliphatic rings. The lowest BCUT2D eigenvalue weighted by Crippen LogP contribution is -2.40. The zero-order valence-corrected chi connectivity index (χ0v) is 10.4. The van der Waals surface area contributed by atoms with Gasteiger partial charge in [-0.05, 0) is 32.2 Å². The number of likely N-dealkylation sites (N-methyl/N-ethyl adjacent to an activating group) is 1. The molecule has 0 aliphatic carbocycles. The van der Waals surface area contributed by atoms with Gasteiger partial charge in [0, 0.05) is 25.6 Å². The molecule has 1 rings (SSSR count). The normalized spacial score (nSPS) is 23.9. The molecule has 15 heavy (non-hydrogen) atoms. The highest BCUT2D eigenvalue weighted by Crippen LogP contribution is 2.25. The zero-order valence-electron chi connectivity index (χ0n) is 10.4. The average molecular weight is 212 g/mol. The van der Waals surface area contributed by atoms with Crippen molar-refractivity contribution in [2.45, 2.75) is 39.7 Å². The van der Waals surface area contributed by atoms with Crippen molar-refractivity contribution < 1.29 is 4.79 Å². The Hall–Kier alpha value is -0.570. The van der Waals surface area contributed by atoms with Crippen LogP contribution in [-0.2, 0) is 4.79 Å². The van der Waals surface area contributed by atoms with Gasteiger partial charge in [0.1, 0.15) is 0 Å². The number of rotatable bonds is 5. The van der Waals surface area contributed by atoms with Crippen LogP contribution in [0.5, 0.6) is 0 Å². The quantitative estimate of drug-likeness (QED) is 0.749. The smallest absolute Gasteiger partial charge is 0.223 e. The third kappa shape index (κ3) is 3.49. The summed E-state index contributed by atoms with van der Waals surface area (Å²) in [4.78, 5) is 13.8.